The van der Waals surface area contributed by atoms with E-state index in [4.69, 9.17) is 9.84 Å². The maximum Gasteiger partial charge on any atom is 0.270 e. The molecule has 0 saturated carbocycles. The van der Waals surface area contributed by atoms with Crippen molar-refractivity contribution in [1.82, 2.24) is 24.9 Å². The van der Waals surface area contributed by atoms with Gasteiger partial charge in [-0.3, -0.25) is 4.79 Å². The summed E-state index contributed by atoms with van der Waals surface area (Å²) < 4.78 is 21.5. The largest absolute Gasteiger partial charge is 0.496 e. The number of hydrogen-bond donors (Lipinski definition) is 1. The molecule has 1 N–H and O–H groups in total. The van der Waals surface area contributed by atoms with E-state index >= 15 is 0 Å². The third kappa shape index (κ3) is 5.12. The predicted molar refractivity (Wildman–Crippen MR) is 152 cm³/mol. The molecule has 1 aliphatic heterocycles. The molecule has 1 amide bonds. The lowest BCUT2D eigenvalue weighted by Gasteiger charge is -2.26. The van der Waals surface area contributed by atoms with E-state index in [0.29, 0.717) is 24.2 Å². The Labute approximate surface area is 227 Å². The Morgan fingerprint density at radius 1 is 1.10 bits per heavy atom. The minimum Gasteiger partial charge on any atom is -0.496 e. The van der Waals surface area contributed by atoms with Crippen molar-refractivity contribution in [3.05, 3.63) is 95.7 Å². The zero-order chi connectivity index (χ0) is 27.5. The molecule has 3 aromatic heterocycles. The molecule has 6 rings (SSSR count). The summed E-state index contributed by atoms with van der Waals surface area (Å²) in [4.78, 5) is 24.3. The smallest absolute Gasteiger partial charge is 0.270 e. The molecular weight excluding hydrogens is 495 g/mol. The summed E-state index contributed by atoms with van der Waals surface area (Å²) in [6.07, 6.45) is 2.36. The van der Waals surface area contributed by atoms with Crippen LogP contribution in [0.15, 0.2) is 72.9 Å². The van der Waals surface area contributed by atoms with Crippen LogP contribution in [0.25, 0.3) is 16.6 Å². The van der Waals surface area contributed by atoms with Crippen LogP contribution in [0.2, 0.25) is 0 Å². The number of methoxy groups -OCH3 is 1. The van der Waals surface area contributed by atoms with E-state index in [0.717, 1.165) is 28.1 Å². The van der Waals surface area contributed by atoms with Crippen molar-refractivity contribution in [3.63, 3.8) is 0 Å². The van der Waals surface area contributed by atoms with Crippen molar-refractivity contribution >= 4 is 28.3 Å². The number of pyridine rings is 1. The second-order valence-corrected chi connectivity index (χ2v) is 9.22. The third-order valence-corrected chi connectivity index (χ3v) is 6.81. The molecule has 1 saturated heterocycles. The average Bonchev–Trinajstić information content (AvgIpc) is 3.56. The lowest BCUT2D eigenvalue weighted by atomic mass is 10.0. The Morgan fingerprint density at radius 3 is 2.72 bits per heavy atom. The van der Waals surface area contributed by atoms with Gasteiger partial charge in [-0.05, 0) is 55.3 Å². The van der Waals surface area contributed by atoms with Gasteiger partial charge in [0.2, 0.25) is 0 Å². The lowest BCUT2D eigenvalue weighted by molar-refractivity contribution is 0.0935. The first kappa shape index (κ1) is 26.1. The molecule has 8 nitrogen and oxygen atoms in total. The van der Waals surface area contributed by atoms with Gasteiger partial charge in [-0.1, -0.05) is 38.1 Å². The minimum absolute atomic E-state index is 0. The Kier molecular flexibility index (Phi) is 7.40. The number of aryl methyl sites for hydroxylation is 1. The summed E-state index contributed by atoms with van der Waals surface area (Å²) in [5.41, 5.74) is 3.46. The van der Waals surface area contributed by atoms with Crippen molar-refractivity contribution in [2.24, 2.45) is 0 Å². The zero-order valence-electron chi connectivity index (χ0n) is 22.4. The number of benzene rings is 2. The van der Waals surface area contributed by atoms with Crippen LogP contribution in [0.3, 0.4) is 0 Å². The minimum atomic E-state index is -0.300. The number of para-hydroxylation sites is 1. The number of carbonyl (C=O) groups excluding carboxylic acids is 1. The SMILES string of the molecule is CC.COc1cc(C(=O)NC2C[C@H](c3cccc(F)c3)N(c3ccc4ncc(C)n4n3)C2)nc2ccccc12.[HH]. The monoisotopic (exact) mass is 528 g/mol. The summed E-state index contributed by atoms with van der Waals surface area (Å²) in [7, 11) is 1.58. The van der Waals surface area contributed by atoms with Gasteiger partial charge in [-0.25, -0.2) is 18.9 Å². The summed E-state index contributed by atoms with van der Waals surface area (Å²) in [5.74, 6) is 0.730. The number of anilines is 1. The first-order valence-corrected chi connectivity index (χ1v) is 13.1. The molecule has 5 aromatic rings. The number of imidazole rings is 1. The molecule has 1 aliphatic rings. The van der Waals surface area contributed by atoms with Gasteiger partial charge in [0, 0.05) is 25.5 Å². The number of aromatic nitrogens is 4. The highest BCUT2D eigenvalue weighted by Crippen LogP contribution is 2.36. The number of nitrogens with one attached hydrogen (secondary N) is 1. The van der Waals surface area contributed by atoms with E-state index in [1.54, 1.807) is 36.0 Å². The first-order valence-electron chi connectivity index (χ1n) is 13.1. The third-order valence-electron chi connectivity index (χ3n) is 6.81. The van der Waals surface area contributed by atoms with E-state index in [1.165, 1.54) is 6.07 Å². The van der Waals surface area contributed by atoms with Crippen LogP contribution in [-0.2, 0) is 0 Å². The van der Waals surface area contributed by atoms with Gasteiger partial charge in [0.25, 0.3) is 5.91 Å². The second kappa shape index (κ2) is 11.1. The molecule has 0 bridgehead atoms. The van der Waals surface area contributed by atoms with Crippen LogP contribution in [0.5, 0.6) is 5.75 Å². The van der Waals surface area contributed by atoms with Crippen LogP contribution in [0.4, 0.5) is 10.2 Å². The number of halogens is 1. The summed E-state index contributed by atoms with van der Waals surface area (Å²) in [6.45, 7) is 6.45. The highest BCUT2D eigenvalue weighted by Gasteiger charge is 2.35. The van der Waals surface area contributed by atoms with Gasteiger partial charge in [0.15, 0.2) is 5.65 Å². The molecule has 39 heavy (non-hydrogen) atoms. The van der Waals surface area contributed by atoms with Crippen molar-refractivity contribution < 1.29 is 15.3 Å². The van der Waals surface area contributed by atoms with Crippen molar-refractivity contribution in [3.8, 4) is 5.75 Å². The fourth-order valence-electron chi connectivity index (χ4n) is 5.04. The maximum absolute atomic E-state index is 14.2. The number of fused-ring (bicyclic) bond motifs is 2. The van der Waals surface area contributed by atoms with Crippen molar-refractivity contribution in [1.29, 1.82) is 0 Å². The van der Waals surface area contributed by atoms with E-state index in [-0.39, 0.29) is 30.9 Å². The lowest BCUT2D eigenvalue weighted by Crippen LogP contribution is -2.37. The van der Waals surface area contributed by atoms with Crippen LogP contribution >= 0.6 is 0 Å². The maximum atomic E-state index is 14.2. The summed E-state index contributed by atoms with van der Waals surface area (Å²) >= 11 is 0. The fraction of sp³-hybridized carbons (Fsp3) is 0.267. The van der Waals surface area contributed by atoms with Gasteiger partial charge in [-0.15, -0.1) is 5.10 Å². The molecule has 2 aromatic carbocycles. The molecular formula is C30H33FN6O2. The van der Waals surface area contributed by atoms with Crippen LogP contribution in [0.1, 0.15) is 49.5 Å². The Hall–Kier alpha value is -4.53. The highest BCUT2D eigenvalue weighted by atomic mass is 19.1. The Balaban J connectivity index is 0.00000121. The molecule has 1 unspecified atom stereocenters. The van der Waals surface area contributed by atoms with E-state index in [9.17, 15) is 9.18 Å². The Morgan fingerprint density at radius 2 is 1.92 bits per heavy atom. The summed E-state index contributed by atoms with van der Waals surface area (Å²) in [6, 6.07) is 19.2. The average molecular weight is 529 g/mol. The molecule has 1 fully saturated rings. The summed E-state index contributed by atoms with van der Waals surface area (Å²) in [5, 5.41) is 8.76. The number of amides is 1. The number of ether oxygens (including phenoxy) is 1. The van der Waals surface area contributed by atoms with Gasteiger partial charge >= 0.3 is 0 Å². The van der Waals surface area contributed by atoms with Gasteiger partial charge in [0.05, 0.1) is 30.6 Å². The molecule has 202 valence electrons. The van der Waals surface area contributed by atoms with Crippen LogP contribution < -0.4 is 15.0 Å². The predicted octanol–water partition coefficient (Wildman–Crippen LogP) is 5.76. The molecule has 2 atom stereocenters. The van der Waals surface area contributed by atoms with Gasteiger partial charge in [-0.2, -0.15) is 0 Å². The number of carbonyl (C=O) groups is 1. The number of rotatable bonds is 5. The molecule has 9 heteroatoms. The molecule has 4 heterocycles. The molecule has 0 spiro atoms. The normalized spacial score (nSPS) is 16.7. The molecule has 0 aliphatic carbocycles. The highest BCUT2D eigenvalue weighted by molar-refractivity contribution is 5.97. The van der Waals surface area contributed by atoms with E-state index in [1.807, 2.05) is 63.2 Å². The van der Waals surface area contributed by atoms with E-state index in [2.05, 4.69) is 20.2 Å². The second-order valence-electron chi connectivity index (χ2n) is 9.22. The topological polar surface area (TPSA) is 84.7 Å². The first-order chi connectivity index (χ1) is 19.0. The zero-order valence-corrected chi connectivity index (χ0v) is 22.4. The molecule has 0 radical (unpaired) electrons. The Bertz CT molecular complexity index is 1640. The van der Waals surface area contributed by atoms with Crippen molar-refractivity contribution in [2.75, 3.05) is 18.6 Å². The van der Waals surface area contributed by atoms with Crippen LogP contribution in [0, 0.1) is 12.7 Å². The van der Waals surface area contributed by atoms with Crippen LogP contribution in [-0.4, -0.2) is 45.2 Å². The van der Waals surface area contributed by atoms with Gasteiger partial charge < -0.3 is 15.0 Å². The van der Waals surface area contributed by atoms with E-state index < -0.39 is 0 Å². The number of nitrogens with zero attached hydrogens (tertiary/aromatic N) is 5. The van der Waals surface area contributed by atoms with Gasteiger partial charge in [0.1, 0.15) is 23.1 Å². The number of hydrogen-bond acceptors (Lipinski definition) is 6. The quantitative estimate of drug-likeness (QED) is 0.312. The fourth-order valence-corrected chi connectivity index (χ4v) is 5.04. The standard InChI is InChI=1S/C28H25FN6O2.C2H6.H2/c1-17-15-30-26-10-11-27(33-35(17)26)34-16-20(13-24(34)18-6-5-7-19(29)12-18)31-28(36)23-14-25(37-2)21-8-3-4-9-22(21)32-23;1-2;/h3-12,14-15,20,24H,13,16H2,1-2H3,(H,31,36);1-2H3;1H/t20?,24-;;/m1../s1. The van der Waals surface area contributed by atoms with Crippen molar-refractivity contribution in [2.45, 2.75) is 39.3 Å².